The lowest BCUT2D eigenvalue weighted by atomic mass is 10.1. The first-order valence-corrected chi connectivity index (χ1v) is 7.96. The number of hydrogen-bond donors (Lipinski definition) is 1. The fourth-order valence-electron chi connectivity index (χ4n) is 1.75. The maximum atomic E-state index is 11.9. The van der Waals surface area contributed by atoms with E-state index in [9.17, 15) is 12.3 Å². The van der Waals surface area contributed by atoms with Crippen LogP contribution in [0.15, 0.2) is 0 Å². The first-order valence-electron chi connectivity index (χ1n) is 6.65. The van der Waals surface area contributed by atoms with Gasteiger partial charge in [0, 0.05) is 0 Å². The van der Waals surface area contributed by atoms with Crippen LogP contribution in [0, 0.1) is 0 Å². The van der Waals surface area contributed by atoms with Gasteiger partial charge in [0.25, 0.3) is 0 Å². The second-order valence-electron chi connectivity index (χ2n) is 4.40. The fraction of sp³-hybridized carbons (Fsp3) is 1.00. The van der Waals surface area contributed by atoms with E-state index in [1.807, 2.05) is 0 Å². The van der Waals surface area contributed by atoms with E-state index < -0.39 is 10.5 Å². The number of rotatable bonds is 12. The summed E-state index contributed by atoms with van der Waals surface area (Å²) >= 11 is 0. The SMILES string of the molecule is CCCCCCCCCCCCOS(=O)(=O)F.N. The summed E-state index contributed by atoms with van der Waals surface area (Å²) < 4.78 is 35.9. The van der Waals surface area contributed by atoms with Gasteiger partial charge in [0.15, 0.2) is 0 Å². The van der Waals surface area contributed by atoms with E-state index in [1.54, 1.807) is 0 Å². The molecule has 0 aromatic heterocycles. The summed E-state index contributed by atoms with van der Waals surface area (Å²) in [6.07, 6.45) is 11.5. The van der Waals surface area contributed by atoms with Crippen molar-refractivity contribution in [1.82, 2.24) is 6.15 Å². The van der Waals surface area contributed by atoms with E-state index in [0.29, 0.717) is 6.42 Å². The van der Waals surface area contributed by atoms with Crippen molar-refractivity contribution < 1.29 is 16.5 Å². The summed E-state index contributed by atoms with van der Waals surface area (Å²) in [6.45, 7) is 2.18. The van der Waals surface area contributed by atoms with Gasteiger partial charge in [-0.05, 0) is 6.42 Å². The Morgan fingerprint density at radius 1 is 0.833 bits per heavy atom. The lowest BCUT2D eigenvalue weighted by Gasteiger charge is -2.01. The topological polar surface area (TPSA) is 78.4 Å². The van der Waals surface area contributed by atoms with E-state index in [4.69, 9.17) is 0 Å². The zero-order chi connectivity index (χ0) is 13.0. The largest absolute Gasteiger partial charge is 0.437 e. The maximum Gasteiger partial charge on any atom is 0.437 e. The Labute approximate surface area is 111 Å². The molecule has 0 amide bonds. The Kier molecular flexibility index (Phi) is 14.8. The van der Waals surface area contributed by atoms with Crippen molar-refractivity contribution in [3.8, 4) is 0 Å². The van der Waals surface area contributed by atoms with Crippen molar-refractivity contribution in [2.45, 2.75) is 71.1 Å². The van der Waals surface area contributed by atoms with Crippen molar-refractivity contribution in [3.05, 3.63) is 0 Å². The highest BCUT2D eigenvalue weighted by Gasteiger charge is 2.05. The summed E-state index contributed by atoms with van der Waals surface area (Å²) in [7, 11) is -4.73. The summed E-state index contributed by atoms with van der Waals surface area (Å²) in [6, 6.07) is 0. The molecule has 4 nitrogen and oxygen atoms in total. The quantitative estimate of drug-likeness (QED) is 0.428. The molecule has 0 bridgehead atoms. The maximum absolute atomic E-state index is 11.9. The van der Waals surface area contributed by atoms with Crippen LogP contribution in [0.5, 0.6) is 0 Å². The highest BCUT2D eigenvalue weighted by atomic mass is 32.3. The molecule has 0 aliphatic rings. The highest BCUT2D eigenvalue weighted by molar-refractivity contribution is 7.81. The Balaban J connectivity index is 0. The van der Waals surface area contributed by atoms with Gasteiger partial charge in [-0.15, -0.1) is 0 Å². The molecule has 112 valence electrons. The number of hydrogen-bond acceptors (Lipinski definition) is 4. The molecule has 0 saturated carbocycles. The van der Waals surface area contributed by atoms with Crippen molar-refractivity contribution >= 4 is 10.5 Å². The van der Waals surface area contributed by atoms with Gasteiger partial charge in [0.2, 0.25) is 0 Å². The molecular weight excluding hydrogens is 257 g/mol. The zero-order valence-corrected chi connectivity index (χ0v) is 12.3. The summed E-state index contributed by atoms with van der Waals surface area (Å²) in [4.78, 5) is 0. The van der Waals surface area contributed by atoms with E-state index in [1.165, 1.54) is 44.9 Å². The molecule has 0 spiro atoms. The van der Waals surface area contributed by atoms with Crippen molar-refractivity contribution in [3.63, 3.8) is 0 Å². The van der Waals surface area contributed by atoms with Gasteiger partial charge in [-0.2, -0.15) is 8.42 Å². The van der Waals surface area contributed by atoms with Gasteiger partial charge in [-0.25, -0.2) is 4.18 Å². The molecule has 0 saturated heterocycles. The first-order chi connectivity index (χ1) is 8.06. The normalized spacial score (nSPS) is 11.2. The van der Waals surface area contributed by atoms with Crippen LogP contribution in [0.25, 0.3) is 0 Å². The van der Waals surface area contributed by atoms with Crippen LogP contribution in [-0.2, 0) is 14.7 Å². The Morgan fingerprint density at radius 2 is 1.22 bits per heavy atom. The molecule has 18 heavy (non-hydrogen) atoms. The second kappa shape index (κ2) is 13.2. The molecule has 0 aliphatic heterocycles. The van der Waals surface area contributed by atoms with Gasteiger partial charge in [0.1, 0.15) is 0 Å². The van der Waals surface area contributed by atoms with Crippen molar-refractivity contribution in [2.75, 3.05) is 6.61 Å². The van der Waals surface area contributed by atoms with Crippen LogP contribution >= 0.6 is 0 Å². The molecule has 0 aromatic carbocycles. The molecule has 0 heterocycles. The summed E-state index contributed by atoms with van der Waals surface area (Å²) in [5.74, 6) is 0. The summed E-state index contributed by atoms with van der Waals surface area (Å²) in [5, 5.41) is 0. The molecule has 0 unspecified atom stereocenters. The van der Waals surface area contributed by atoms with Crippen LogP contribution < -0.4 is 6.15 Å². The molecule has 0 atom stereocenters. The third-order valence-corrected chi connectivity index (χ3v) is 3.17. The lowest BCUT2D eigenvalue weighted by Crippen LogP contribution is -2.00. The minimum Gasteiger partial charge on any atom is -0.344 e. The fourth-order valence-corrected chi connectivity index (χ4v) is 2.06. The molecular formula is C12H28FNO3S. The Hall–Kier alpha value is -0.200. The summed E-state index contributed by atoms with van der Waals surface area (Å²) in [5.41, 5.74) is 0. The molecule has 6 heteroatoms. The molecule has 0 rings (SSSR count). The van der Waals surface area contributed by atoms with Crippen LogP contribution in [0.1, 0.15) is 71.1 Å². The molecule has 3 N–H and O–H groups in total. The molecule has 0 aromatic rings. The van der Waals surface area contributed by atoms with E-state index >= 15 is 0 Å². The zero-order valence-electron chi connectivity index (χ0n) is 11.5. The van der Waals surface area contributed by atoms with Crippen molar-refractivity contribution in [2.24, 2.45) is 0 Å². The van der Waals surface area contributed by atoms with Crippen LogP contribution in [0.4, 0.5) is 3.89 Å². The van der Waals surface area contributed by atoms with Gasteiger partial charge < -0.3 is 6.15 Å². The second-order valence-corrected chi connectivity index (χ2v) is 5.42. The average molecular weight is 285 g/mol. The van der Waals surface area contributed by atoms with Gasteiger partial charge in [0.05, 0.1) is 6.61 Å². The van der Waals surface area contributed by atoms with Crippen LogP contribution in [0.3, 0.4) is 0 Å². The van der Waals surface area contributed by atoms with Gasteiger partial charge in [-0.3, -0.25) is 0 Å². The third-order valence-electron chi connectivity index (χ3n) is 2.72. The highest BCUT2D eigenvalue weighted by Crippen LogP contribution is 2.10. The standard InChI is InChI=1S/C12H25FO3S.H3N/c1-2-3-4-5-6-7-8-9-10-11-12-16-17(13,14)15;/h2-12H2,1H3;1H3. The average Bonchev–Trinajstić information content (AvgIpc) is 2.24. The van der Waals surface area contributed by atoms with E-state index in [-0.39, 0.29) is 12.8 Å². The van der Waals surface area contributed by atoms with E-state index in [0.717, 1.165) is 12.8 Å². The van der Waals surface area contributed by atoms with Crippen molar-refractivity contribution in [1.29, 1.82) is 0 Å². The number of unbranched alkanes of at least 4 members (excludes halogenated alkanes) is 9. The predicted molar refractivity (Wildman–Crippen MR) is 72.8 cm³/mol. The monoisotopic (exact) mass is 285 g/mol. The molecule has 0 radical (unpaired) electrons. The van der Waals surface area contributed by atoms with Gasteiger partial charge >= 0.3 is 10.5 Å². The molecule has 0 fully saturated rings. The minimum atomic E-state index is -4.73. The Bertz CT molecular complexity index is 258. The predicted octanol–water partition coefficient (Wildman–Crippen LogP) is 4.30. The third kappa shape index (κ3) is 18.2. The van der Waals surface area contributed by atoms with Gasteiger partial charge in [-0.1, -0.05) is 68.6 Å². The number of halogens is 1. The smallest absolute Gasteiger partial charge is 0.344 e. The Morgan fingerprint density at radius 3 is 1.61 bits per heavy atom. The molecule has 0 aliphatic carbocycles. The lowest BCUT2D eigenvalue weighted by molar-refractivity contribution is 0.284. The van der Waals surface area contributed by atoms with Crippen LogP contribution in [-0.4, -0.2) is 15.0 Å². The van der Waals surface area contributed by atoms with E-state index in [2.05, 4.69) is 11.1 Å². The minimum absolute atomic E-state index is 0. The first kappa shape index (κ1) is 20.1. The van der Waals surface area contributed by atoms with Crippen LogP contribution in [0.2, 0.25) is 0 Å².